The van der Waals surface area contributed by atoms with Gasteiger partial charge in [-0.2, -0.15) is 0 Å². The standard InChI is InChI=1S/C18H16N2O3/c1-11(21)12-4-3-5-13(8-12)19-10-16-15-9-14(23-2)6-7-17(15)20-18(16)22/h3-10,20,22H,1-2H3. The third kappa shape index (κ3) is 2.94. The number of benzene rings is 2. The maximum absolute atomic E-state index is 11.4. The number of nitrogens with zero attached hydrogens (tertiary/aromatic N) is 1. The SMILES string of the molecule is COc1ccc2[nH]c(O)c(C=Nc3cccc(C(C)=O)c3)c2c1. The van der Waals surface area contributed by atoms with E-state index < -0.39 is 0 Å². The first-order valence-electron chi connectivity index (χ1n) is 7.12. The molecule has 0 aliphatic rings. The van der Waals surface area contributed by atoms with Crippen molar-refractivity contribution in [3.05, 3.63) is 53.6 Å². The molecule has 0 aliphatic carbocycles. The fourth-order valence-corrected chi connectivity index (χ4v) is 2.38. The largest absolute Gasteiger partial charge is 0.497 e. The van der Waals surface area contributed by atoms with Crippen LogP contribution in [0.5, 0.6) is 11.6 Å². The molecule has 0 radical (unpaired) electrons. The smallest absolute Gasteiger partial charge is 0.198 e. The van der Waals surface area contributed by atoms with E-state index in [0.29, 0.717) is 22.6 Å². The van der Waals surface area contributed by atoms with E-state index in [4.69, 9.17) is 4.74 Å². The molecule has 0 aliphatic heterocycles. The van der Waals surface area contributed by atoms with E-state index in [1.807, 2.05) is 18.2 Å². The molecule has 1 aromatic heterocycles. The van der Waals surface area contributed by atoms with Gasteiger partial charge in [0.25, 0.3) is 0 Å². The molecular formula is C18H16N2O3. The Hall–Kier alpha value is -3.08. The summed E-state index contributed by atoms with van der Waals surface area (Å²) in [6.07, 6.45) is 1.58. The number of nitrogens with one attached hydrogen (secondary N) is 1. The van der Waals surface area contributed by atoms with Gasteiger partial charge in [0.15, 0.2) is 11.7 Å². The summed E-state index contributed by atoms with van der Waals surface area (Å²) in [7, 11) is 1.59. The normalized spacial score (nSPS) is 11.2. The second kappa shape index (κ2) is 5.96. The molecule has 2 aromatic carbocycles. The summed E-state index contributed by atoms with van der Waals surface area (Å²) in [4.78, 5) is 18.7. The lowest BCUT2D eigenvalue weighted by atomic mass is 10.1. The lowest BCUT2D eigenvalue weighted by molar-refractivity contribution is 0.101. The maximum atomic E-state index is 11.4. The van der Waals surface area contributed by atoms with E-state index in [1.54, 1.807) is 37.6 Å². The van der Waals surface area contributed by atoms with E-state index in [1.165, 1.54) is 6.92 Å². The van der Waals surface area contributed by atoms with Gasteiger partial charge in [-0.25, -0.2) is 0 Å². The molecule has 0 spiro atoms. The second-order valence-electron chi connectivity index (χ2n) is 5.16. The van der Waals surface area contributed by atoms with E-state index in [9.17, 15) is 9.90 Å². The van der Waals surface area contributed by atoms with Gasteiger partial charge < -0.3 is 14.8 Å². The molecule has 5 nitrogen and oxygen atoms in total. The number of aliphatic imine (C=N–C) groups is 1. The molecule has 23 heavy (non-hydrogen) atoms. The summed E-state index contributed by atoms with van der Waals surface area (Å²) in [6.45, 7) is 1.51. The Morgan fingerprint density at radius 2 is 2.09 bits per heavy atom. The summed E-state index contributed by atoms with van der Waals surface area (Å²) in [6, 6.07) is 12.5. The van der Waals surface area contributed by atoms with Crippen molar-refractivity contribution in [3.63, 3.8) is 0 Å². The van der Waals surface area contributed by atoms with Crippen LogP contribution in [-0.2, 0) is 0 Å². The molecule has 0 fully saturated rings. The van der Waals surface area contributed by atoms with Crippen LogP contribution in [-0.4, -0.2) is 29.2 Å². The predicted octanol–water partition coefficient (Wildman–Crippen LogP) is 3.84. The average molecular weight is 308 g/mol. The van der Waals surface area contributed by atoms with Gasteiger partial charge in [-0.1, -0.05) is 12.1 Å². The highest BCUT2D eigenvalue weighted by atomic mass is 16.5. The Bertz CT molecular complexity index is 910. The molecule has 0 bridgehead atoms. The van der Waals surface area contributed by atoms with Gasteiger partial charge in [-0.3, -0.25) is 9.79 Å². The first-order valence-corrected chi connectivity index (χ1v) is 7.12. The van der Waals surface area contributed by atoms with Gasteiger partial charge in [-0.05, 0) is 37.3 Å². The number of rotatable bonds is 4. The Balaban J connectivity index is 2.02. The lowest BCUT2D eigenvalue weighted by Crippen LogP contribution is -1.90. The molecule has 2 N–H and O–H groups in total. The van der Waals surface area contributed by atoms with Crippen LogP contribution in [0, 0.1) is 0 Å². The first-order chi connectivity index (χ1) is 11.1. The molecule has 3 rings (SSSR count). The molecule has 5 heteroatoms. The van der Waals surface area contributed by atoms with Gasteiger partial charge in [0.05, 0.1) is 18.4 Å². The van der Waals surface area contributed by atoms with E-state index in [2.05, 4.69) is 9.98 Å². The number of carbonyl (C=O) groups excluding carboxylic acids is 1. The summed E-state index contributed by atoms with van der Waals surface area (Å²) in [5.41, 5.74) is 2.62. The fourth-order valence-electron chi connectivity index (χ4n) is 2.38. The highest BCUT2D eigenvalue weighted by Crippen LogP contribution is 2.29. The monoisotopic (exact) mass is 308 g/mol. The molecular weight excluding hydrogens is 292 g/mol. The van der Waals surface area contributed by atoms with E-state index in [-0.39, 0.29) is 11.7 Å². The van der Waals surface area contributed by atoms with Crippen LogP contribution in [0.3, 0.4) is 0 Å². The quantitative estimate of drug-likeness (QED) is 0.568. The van der Waals surface area contributed by atoms with Crippen LogP contribution in [0.15, 0.2) is 47.5 Å². The van der Waals surface area contributed by atoms with Crippen molar-refractivity contribution in [2.75, 3.05) is 7.11 Å². The first kappa shape index (κ1) is 14.8. The molecule has 116 valence electrons. The van der Waals surface area contributed by atoms with Crippen molar-refractivity contribution in [2.24, 2.45) is 4.99 Å². The van der Waals surface area contributed by atoms with Gasteiger partial charge in [-0.15, -0.1) is 0 Å². The fraction of sp³-hybridized carbons (Fsp3) is 0.111. The molecule has 0 unspecified atom stereocenters. The zero-order chi connectivity index (χ0) is 16.4. The summed E-state index contributed by atoms with van der Waals surface area (Å²) in [5.74, 6) is 0.728. The number of methoxy groups -OCH3 is 1. The number of aromatic hydroxyl groups is 1. The van der Waals surface area contributed by atoms with Crippen molar-refractivity contribution in [3.8, 4) is 11.6 Å². The Labute approximate surface area is 133 Å². The number of aromatic amines is 1. The lowest BCUT2D eigenvalue weighted by Gasteiger charge is -2.00. The van der Waals surface area contributed by atoms with Crippen LogP contribution in [0.1, 0.15) is 22.8 Å². The number of hydrogen-bond donors (Lipinski definition) is 2. The highest BCUT2D eigenvalue weighted by Gasteiger charge is 2.10. The number of Topliss-reactive ketones (excluding diaryl/α,β-unsaturated/α-hetero) is 1. The predicted molar refractivity (Wildman–Crippen MR) is 90.2 cm³/mol. The Morgan fingerprint density at radius 1 is 1.26 bits per heavy atom. The van der Waals surface area contributed by atoms with Crippen LogP contribution >= 0.6 is 0 Å². The van der Waals surface area contributed by atoms with E-state index in [0.717, 1.165) is 10.9 Å². The van der Waals surface area contributed by atoms with Crippen LogP contribution in [0.25, 0.3) is 10.9 Å². The zero-order valence-electron chi connectivity index (χ0n) is 12.8. The van der Waals surface area contributed by atoms with Crippen LogP contribution in [0.2, 0.25) is 0 Å². The summed E-state index contributed by atoms with van der Waals surface area (Å²) >= 11 is 0. The molecule has 1 heterocycles. The average Bonchev–Trinajstić information content (AvgIpc) is 2.87. The second-order valence-corrected chi connectivity index (χ2v) is 5.16. The summed E-state index contributed by atoms with van der Waals surface area (Å²) < 4.78 is 5.21. The van der Waals surface area contributed by atoms with Gasteiger partial charge in [0, 0.05) is 22.7 Å². The molecule has 0 saturated carbocycles. The minimum atomic E-state index is -0.0123. The van der Waals surface area contributed by atoms with Crippen molar-refractivity contribution < 1.29 is 14.6 Å². The van der Waals surface area contributed by atoms with Gasteiger partial charge in [0.1, 0.15) is 5.75 Å². The van der Waals surface area contributed by atoms with Crippen molar-refractivity contribution in [1.29, 1.82) is 0 Å². The van der Waals surface area contributed by atoms with Gasteiger partial charge in [0.2, 0.25) is 0 Å². The Morgan fingerprint density at radius 3 is 2.83 bits per heavy atom. The van der Waals surface area contributed by atoms with Crippen molar-refractivity contribution >= 4 is 28.6 Å². The number of fused-ring (bicyclic) bond motifs is 1. The number of carbonyl (C=O) groups is 1. The molecule has 0 atom stereocenters. The molecule has 0 saturated heterocycles. The number of H-pyrrole nitrogens is 1. The number of aromatic nitrogens is 1. The number of hydrogen-bond acceptors (Lipinski definition) is 4. The highest BCUT2D eigenvalue weighted by molar-refractivity contribution is 6.03. The maximum Gasteiger partial charge on any atom is 0.198 e. The van der Waals surface area contributed by atoms with E-state index >= 15 is 0 Å². The third-order valence-corrected chi connectivity index (χ3v) is 3.62. The summed E-state index contributed by atoms with van der Waals surface area (Å²) in [5, 5.41) is 10.9. The number of ether oxygens (including phenoxy) is 1. The van der Waals surface area contributed by atoms with Crippen LogP contribution < -0.4 is 4.74 Å². The van der Waals surface area contributed by atoms with Crippen molar-refractivity contribution in [1.82, 2.24) is 4.98 Å². The van der Waals surface area contributed by atoms with Crippen LogP contribution in [0.4, 0.5) is 5.69 Å². The van der Waals surface area contributed by atoms with Gasteiger partial charge >= 0.3 is 0 Å². The molecule has 0 amide bonds. The third-order valence-electron chi connectivity index (χ3n) is 3.62. The number of ketones is 1. The molecule has 3 aromatic rings. The Kier molecular flexibility index (Phi) is 3.85. The topological polar surface area (TPSA) is 74.7 Å². The van der Waals surface area contributed by atoms with Crippen molar-refractivity contribution in [2.45, 2.75) is 6.92 Å². The minimum absolute atomic E-state index is 0.0123. The minimum Gasteiger partial charge on any atom is -0.497 e. The zero-order valence-corrected chi connectivity index (χ0v) is 12.8.